The number of unbranched alkanes of at least 4 members (excludes halogenated alkanes) is 2. The van der Waals surface area contributed by atoms with Crippen LogP contribution >= 0.6 is 0 Å². The van der Waals surface area contributed by atoms with Gasteiger partial charge in [0.2, 0.25) is 0 Å². The van der Waals surface area contributed by atoms with Crippen molar-refractivity contribution in [2.45, 2.75) is 38.5 Å². The lowest BCUT2D eigenvalue weighted by Gasteiger charge is -2.21. The summed E-state index contributed by atoms with van der Waals surface area (Å²) in [5.41, 5.74) is 2.91. The Hall–Kier alpha value is -1.56. The van der Waals surface area contributed by atoms with Crippen LogP contribution in [0.5, 0.6) is 0 Å². The molecule has 0 saturated heterocycles. The first kappa shape index (κ1) is 11.5. The third-order valence-corrected chi connectivity index (χ3v) is 4.00. The lowest BCUT2D eigenvalue weighted by atomic mass is 9.83. The predicted molar refractivity (Wildman–Crippen MR) is 79.9 cm³/mol. The normalized spacial score (nSPS) is 17.3. The molecule has 0 nitrogen and oxygen atoms in total. The van der Waals surface area contributed by atoms with Crippen molar-refractivity contribution in [1.82, 2.24) is 0 Å². The van der Waals surface area contributed by atoms with Crippen LogP contribution in [-0.2, 0) is 0 Å². The molecule has 0 fully saturated rings. The van der Waals surface area contributed by atoms with Gasteiger partial charge in [-0.3, -0.25) is 0 Å². The first-order valence-electron chi connectivity index (χ1n) is 7.10. The maximum absolute atomic E-state index is 2.40. The van der Waals surface area contributed by atoms with E-state index in [1.807, 2.05) is 0 Å². The first-order valence-corrected chi connectivity index (χ1v) is 7.10. The SMILES string of the molecule is CCCCCC1C=Cc2cccc3cccc1c23. The molecular weight excluding hydrogens is 216 g/mol. The molecule has 0 saturated carbocycles. The van der Waals surface area contributed by atoms with Crippen molar-refractivity contribution < 1.29 is 0 Å². The van der Waals surface area contributed by atoms with Gasteiger partial charge < -0.3 is 0 Å². The van der Waals surface area contributed by atoms with E-state index in [-0.39, 0.29) is 0 Å². The highest BCUT2D eigenvalue weighted by atomic mass is 14.2. The maximum atomic E-state index is 2.40. The second-order valence-corrected chi connectivity index (χ2v) is 5.25. The summed E-state index contributed by atoms with van der Waals surface area (Å²) in [6.45, 7) is 2.27. The Labute approximate surface area is 109 Å². The third-order valence-electron chi connectivity index (χ3n) is 4.00. The van der Waals surface area contributed by atoms with E-state index in [1.165, 1.54) is 47.6 Å². The number of allylic oxidation sites excluding steroid dienone is 1. The first-order chi connectivity index (χ1) is 8.90. The molecule has 0 spiro atoms. The maximum Gasteiger partial charge on any atom is 0.00276 e. The average Bonchev–Trinajstić information content (AvgIpc) is 2.42. The molecule has 2 aromatic rings. The molecule has 92 valence electrons. The smallest absolute Gasteiger partial charge is 0.00276 e. The predicted octanol–water partition coefficient (Wildman–Crippen LogP) is 5.53. The van der Waals surface area contributed by atoms with Crippen molar-refractivity contribution in [3.63, 3.8) is 0 Å². The van der Waals surface area contributed by atoms with Gasteiger partial charge in [-0.15, -0.1) is 0 Å². The fraction of sp³-hybridized carbons (Fsp3) is 0.333. The average molecular weight is 236 g/mol. The van der Waals surface area contributed by atoms with Gasteiger partial charge in [0.15, 0.2) is 0 Å². The van der Waals surface area contributed by atoms with Gasteiger partial charge in [0, 0.05) is 5.92 Å². The molecule has 1 atom stereocenters. The van der Waals surface area contributed by atoms with Gasteiger partial charge >= 0.3 is 0 Å². The van der Waals surface area contributed by atoms with Crippen LogP contribution in [0.3, 0.4) is 0 Å². The fourth-order valence-corrected chi connectivity index (χ4v) is 3.04. The lowest BCUT2D eigenvalue weighted by molar-refractivity contribution is 0.631. The summed E-state index contributed by atoms with van der Waals surface area (Å²) >= 11 is 0. The van der Waals surface area contributed by atoms with Gasteiger partial charge in [0.25, 0.3) is 0 Å². The van der Waals surface area contributed by atoms with Crippen molar-refractivity contribution in [2.75, 3.05) is 0 Å². The van der Waals surface area contributed by atoms with E-state index in [4.69, 9.17) is 0 Å². The third kappa shape index (κ3) is 1.96. The summed E-state index contributed by atoms with van der Waals surface area (Å²) in [4.78, 5) is 0. The summed E-state index contributed by atoms with van der Waals surface area (Å²) in [5.74, 6) is 0.621. The molecule has 0 heterocycles. The Kier molecular flexibility index (Phi) is 3.19. The van der Waals surface area contributed by atoms with Crippen LogP contribution in [0.4, 0.5) is 0 Å². The van der Waals surface area contributed by atoms with E-state index in [2.05, 4.69) is 55.5 Å². The molecular formula is C18H20. The molecule has 1 aliphatic rings. The van der Waals surface area contributed by atoms with Crippen LogP contribution in [-0.4, -0.2) is 0 Å². The van der Waals surface area contributed by atoms with Crippen molar-refractivity contribution in [2.24, 2.45) is 0 Å². The van der Waals surface area contributed by atoms with E-state index in [1.54, 1.807) is 0 Å². The number of hydrogen-bond acceptors (Lipinski definition) is 0. The molecule has 3 rings (SSSR count). The number of rotatable bonds is 4. The van der Waals surface area contributed by atoms with Crippen LogP contribution in [0.2, 0.25) is 0 Å². The summed E-state index contributed by atoms with van der Waals surface area (Å²) < 4.78 is 0. The Balaban J connectivity index is 1.99. The summed E-state index contributed by atoms with van der Waals surface area (Å²) in [6, 6.07) is 13.3. The zero-order valence-corrected chi connectivity index (χ0v) is 11.0. The molecule has 0 heteroatoms. The minimum absolute atomic E-state index is 0.621. The topological polar surface area (TPSA) is 0 Å². The number of hydrogen-bond donors (Lipinski definition) is 0. The highest BCUT2D eigenvalue weighted by Gasteiger charge is 2.16. The van der Waals surface area contributed by atoms with Crippen LogP contribution in [0.25, 0.3) is 16.8 Å². The Morgan fingerprint density at radius 1 is 1.00 bits per heavy atom. The molecule has 1 unspecified atom stereocenters. The van der Waals surface area contributed by atoms with Crippen molar-refractivity contribution in [3.05, 3.63) is 53.6 Å². The summed E-state index contributed by atoms with van der Waals surface area (Å²) in [5, 5.41) is 2.86. The van der Waals surface area contributed by atoms with Gasteiger partial charge in [-0.1, -0.05) is 74.7 Å². The fourth-order valence-electron chi connectivity index (χ4n) is 3.04. The van der Waals surface area contributed by atoms with Gasteiger partial charge in [-0.25, -0.2) is 0 Å². The van der Waals surface area contributed by atoms with E-state index in [0.29, 0.717) is 5.92 Å². The lowest BCUT2D eigenvalue weighted by Crippen LogP contribution is -2.01. The summed E-state index contributed by atoms with van der Waals surface area (Å²) in [7, 11) is 0. The van der Waals surface area contributed by atoms with Crippen molar-refractivity contribution in [1.29, 1.82) is 0 Å². The van der Waals surface area contributed by atoms with Gasteiger partial charge in [-0.05, 0) is 28.3 Å². The minimum Gasteiger partial charge on any atom is -0.0764 e. The van der Waals surface area contributed by atoms with Crippen LogP contribution in [0, 0.1) is 0 Å². The second-order valence-electron chi connectivity index (χ2n) is 5.25. The van der Waals surface area contributed by atoms with Crippen LogP contribution in [0.15, 0.2) is 42.5 Å². The Bertz CT molecular complexity index is 572. The van der Waals surface area contributed by atoms with E-state index < -0.39 is 0 Å². The van der Waals surface area contributed by atoms with Crippen molar-refractivity contribution in [3.8, 4) is 0 Å². The standard InChI is InChI=1S/C18H20/c1-2-3-4-7-14-12-13-16-9-5-8-15-10-6-11-17(14)18(15)16/h5-6,8-14H,2-4,7H2,1H3. The minimum atomic E-state index is 0.621. The Morgan fingerprint density at radius 3 is 2.67 bits per heavy atom. The zero-order chi connectivity index (χ0) is 12.4. The van der Waals surface area contributed by atoms with Gasteiger partial charge in [0.05, 0.1) is 0 Å². The molecule has 0 radical (unpaired) electrons. The molecule has 0 bridgehead atoms. The largest absolute Gasteiger partial charge is 0.0764 e. The number of benzene rings is 2. The molecule has 2 aromatic carbocycles. The highest BCUT2D eigenvalue weighted by Crippen LogP contribution is 2.36. The molecule has 0 N–H and O–H groups in total. The zero-order valence-electron chi connectivity index (χ0n) is 11.0. The Morgan fingerprint density at radius 2 is 1.83 bits per heavy atom. The van der Waals surface area contributed by atoms with Crippen LogP contribution < -0.4 is 0 Å². The molecule has 0 aromatic heterocycles. The molecule has 0 amide bonds. The molecule has 0 aliphatic heterocycles. The van der Waals surface area contributed by atoms with Crippen LogP contribution in [0.1, 0.15) is 49.7 Å². The van der Waals surface area contributed by atoms with Crippen molar-refractivity contribution >= 4 is 16.8 Å². The highest BCUT2D eigenvalue weighted by molar-refractivity contribution is 5.95. The van der Waals surface area contributed by atoms with E-state index in [0.717, 1.165) is 0 Å². The summed E-state index contributed by atoms with van der Waals surface area (Å²) in [6.07, 6.45) is 9.99. The monoisotopic (exact) mass is 236 g/mol. The van der Waals surface area contributed by atoms with Gasteiger partial charge in [-0.2, -0.15) is 0 Å². The molecule has 18 heavy (non-hydrogen) atoms. The van der Waals surface area contributed by atoms with E-state index >= 15 is 0 Å². The van der Waals surface area contributed by atoms with Gasteiger partial charge in [0.1, 0.15) is 0 Å². The quantitative estimate of drug-likeness (QED) is 0.612. The van der Waals surface area contributed by atoms with E-state index in [9.17, 15) is 0 Å². The molecule has 1 aliphatic carbocycles. The second kappa shape index (κ2) is 4.97.